The van der Waals surface area contributed by atoms with E-state index in [-0.39, 0.29) is 11.8 Å². The molecule has 0 aliphatic heterocycles. The number of hydrogen-bond donors (Lipinski definition) is 1. The third kappa shape index (κ3) is 3.15. The molecule has 1 N–H and O–H groups in total. The fourth-order valence-corrected chi connectivity index (χ4v) is 2.47. The SMILES string of the molecule is COc1ccc(-c2noc(C(=O)NCc3cccs3)n2)cc1. The molecule has 0 spiro atoms. The van der Waals surface area contributed by atoms with Crippen LogP contribution in [-0.4, -0.2) is 23.2 Å². The van der Waals surface area contributed by atoms with Crippen LogP contribution in [0.5, 0.6) is 5.75 Å². The van der Waals surface area contributed by atoms with Crippen LogP contribution < -0.4 is 10.1 Å². The lowest BCUT2D eigenvalue weighted by Gasteiger charge is -1.99. The van der Waals surface area contributed by atoms with Gasteiger partial charge in [0.25, 0.3) is 0 Å². The topological polar surface area (TPSA) is 77.2 Å². The fraction of sp³-hybridized carbons (Fsp3) is 0.133. The Hall–Kier alpha value is -2.67. The number of nitrogens with zero attached hydrogens (tertiary/aromatic N) is 2. The van der Waals surface area contributed by atoms with Crippen LogP contribution >= 0.6 is 11.3 Å². The molecule has 1 aromatic carbocycles. The Balaban J connectivity index is 1.68. The van der Waals surface area contributed by atoms with Gasteiger partial charge in [0.15, 0.2) is 0 Å². The van der Waals surface area contributed by atoms with E-state index in [0.29, 0.717) is 12.4 Å². The fourth-order valence-electron chi connectivity index (χ4n) is 1.83. The molecule has 3 rings (SSSR count). The van der Waals surface area contributed by atoms with Crippen molar-refractivity contribution in [2.45, 2.75) is 6.54 Å². The summed E-state index contributed by atoms with van der Waals surface area (Å²) in [5, 5.41) is 8.52. The first kappa shape index (κ1) is 14.3. The number of ether oxygens (including phenoxy) is 1. The molecule has 3 aromatic rings. The molecule has 0 atom stereocenters. The van der Waals surface area contributed by atoms with Gasteiger partial charge in [0, 0.05) is 10.4 Å². The lowest BCUT2D eigenvalue weighted by atomic mass is 10.2. The molecular weight excluding hydrogens is 302 g/mol. The molecule has 0 aliphatic carbocycles. The molecule has 0 unspecified atom stereocenters. The molecule has 0 bridgehead atoms. The van der Waals surface area contributed by atoms with Gasteiger partial charge in [0.1, 0.15) is 5.75 Å². The summed E-state index contributed by atoms with van der Waals surface area (Å²) in [4.78, 5) is 17.1. The molecule has 7 heteroatoms. The Morgan fingerprint density at radius 1 is 1.32 bits per heavy atom. The normalized spacial score (nSPS) is 10.4. The van der Waals surface area contributed by atoms with E-state index in [9.17, 15) is 4.79 Å². The number of benzene rings is 1. The molecule has 0 aliphatic rings. The van der Waals surface area contributed by atoms with E-state index in [2.05, 4.69) is 15.5 Å². The first-order chi connectivity index (χ1) is 10.8. The van der Waals surface area contributed by atoms with Crippen LogP contribution in [0.15, 0.2) is 46.3 Å². The van der Waals surface area contributed by atoms with Gasteiger partial charge in [0.05, 0.1) is 13.7 Å². The standard InChI is InChI=1S/C15H13N3O3S/c1-20-11-6-4-10(5-7-11)13-17-15(21-18-13)14(19)16-9-12-3-2-8-22-12/h2-8H,9H2,1H3,(H,16,19). The predicted octanol–water partition coefficient (Wildman–Crippen LogP) is 2.74. The van der Waals surface area contributed by atoms with E-state index < -0.39 is 0 Å². The van der Waals surface area contributed by atoms with Crippen molar-refractivity contribution in [1.29, 1.82) is 0 Å². The summed E-state index contributed by atoms with van der Waals surface area (Å²) >= 11 is 1.57. The molecule has 0 fully saturated rings. The first-order valence-electron chi connectivity index (χ1n) is 6.55. The van der Waals surface area contributed by atoms with Crippen molar-refractivity contribution in [3.05, 3.63) is 52.5 Å². The van der Waals surface area contributed by atoms with E-state index in [4.69, 9.17) is 9.26 Å². The molecule has 22 heavy (non-hydrogen) atoms. The van der Waals surface area contributed by atoms with Crippen LogP contribution in [0.1, 0.15) is 15.6 Å². The summed E-state index contributed by atoms with van der Waals surface area (Å²) in [5.74, 6) is 0.660. The highest BCUT2D eigenvalue weighted by molar-refractivity contribution is 7.09. The highest BCUT2D eigenvalue weighted by atomic mass is 32.1. The number of amides is 1. The maximum atomic E-state index is 12.0. The molecule has 2 aromatic heterocycles. The summed E-state index contributed by atoms with van der Waals surface area (Å²) < 4.78 is 10.1. The van der Waals surface area contributed by atoms with Crippen LogP contribution in [0.25, 0.3) is 11.4 Å². The zero-order chi connectivity index (χ0) is 15.4. The number of nitrogens with one attached hydrogen (secondary N) is 1. The quantitative estimate of drug-likeness (QED) is 0.783. The zero-order valence-corrected chi connectivity index (χ0v) is 12.6. The van der Waals surface area contributed by atoms with E-state index in [1.165, 1.54) is 0 Å². The van der Waals surface area contributed by atoms with Crippen molar-refractivity contribution >= 4 is 17.2 Å². The molecule has 0 saturated carbocycles. The molecule has 6 nitrogen and oxygen atoms in total. The van der Waals surface area contributed by atoms with Gasteiger partial charge in [-0.2, -0.15) is 4.98 Å². The minimum Gasteiger partial charge on any atom is -0.497 e. The number of carbonyl (C=O) groups is 1. The van der Waals surface area contributed by atoms with Gasteiger partial charge in [-0.3, -0.25) is 4.79 Å². The maximum absolute atomic E-state index is 12.0. The average molecular weight is 315 g/mol. The van der Waals surface area contributed by atoms with Crippen molar-refractivity contribution < 1.29 is 14.1 Å². The number of hydrogen-bond acceptors (Lipinski definition) is 6. The second kappa shape index (κ2) is 6.40. The number of methoxy groups -OCH3 is 1. The minimum absolute atomic E-state index is 0.0534. The Kier molecular flexibility index (Phi) is 4.15. The molecular formula is C15H13N3O3S. The van der Waals surface area contributed by atoms with E-state index in [1.807, 2.05) is 17.5 Å². The monoisotopic (exact) mass is 315 g/mol. The minimum atomic E-state index is -0.388. The Labute approximate surface area is 130 Å². The predicted molar refractivity (Wildman–Crippen MR) is 81.8 cm³/mol. The van der Waals surface area contributed by atoms with Crippen LogP contribution in [-0.2, 0) is 6.54 Å². The highest BCUT2D eigenvalue weighted by Crippen LogP contribution is 2.19. The average Bonchev–Trinajstić information content (AvgIpc) is 3.24. The molecule has 0 saturated heterocycles. The summed E-state index contributed by atoms with van der Waals surface area (Å²) in [6, 6.07) is 11.1. The lowest BCUT2D eigenvalue weighted by molar-refractivity contribution is 0.0907. The summed E-state index contributed by atoms with van der Waals surface area (Å²) in [6.07, 6.45) is 0. The number of carbonyl (C=O) groups excluding carboxylic acids is 1. The van der Waals surface area contributed by atoms with Crippen molar-refractivity contribution in [3.63, 3.8) is 0 Å². The number of thiophene rings is 1. The summed E-state index contributed by atoms with van der Waals surface area (Å²) in [5.41, 5.74) is 0.752. The van der Waals surface area contributed by atoms with Crippen LogP contribution in [0, 0.1) is 0 Å². The van der Waals surface area contributed by atoms with E-state index in [1.54, 1.807) is 42.7 Å². The first-order valence-corrected chi connectivity index (χ1v) is 7.43. The van der Waals surface area contributed by atoms with Gasteiger partial charge < -0.3 is 14.6 Å². The van der Waals surface area contributed by atoms with E-state index >= 15 is 0 Å². The summed E-state index contributed by atoms with van der Waals surface area (Å²) in [7, 11) is 1.60. The van der Waals surface area contributed by atoms with Crippen LogP contribution in [0.4, 0.5) is 0 Å². The maximum Gasteiger partial charge on any atom is 0.316 e. The molecule has 1 amide bonds. The van der Waals surface area contributed by atoms with Gasteiger partial charge >= 0.3 is 11.8 Å². The number of aromatic nitrogens is 2. The molecule has 0 radical (unpaired) electrons. The van der Waals surface area contributed by atoms with Crippen LogP contribution in [0.2, 0.25) is 0 Å². The summed E-state index contributed by atoms with van der Waals surface area (Å²) in [6.45, 7) is 0.441. The van der Waals surface area contributed by atoms with Crippen molar-refractivity contribution in [2.75, 3.05) is 7.11 Å². The van der Waals surface area contributed by atoms with Gasteiger partial charge in [0.2, 0.25) is 5.82 Å². The van der Waals surface area contributed by atoms with Crippen molar-refractivity contribution in [3.8, 4) is 17.1 Å². The van der Waals surface area contributed by atoms with Crippen molar-refractivity contribution in [2.24, 2.45) is 0 Å². The third-order valence-electron chi connectivity index (χ3n) is 2.97. The van der Waals surface area contributed by atoms with E-state index in [0.717, 1.165) is 16.2 Å². The smallest absolute Gasteiger partial charge is 0.316 e. The Morgan fingerprint density at radius 3 is 2.82 bits per heavy atom. The second-order valence-corrected chi connectivity index (χ2v) is 5.45. The van der Waals surface area contributed by atoms with Crippen LogP contribution in [0.3, 0.4) is 0 Å². The zero-order valence-electron chi connectivity index (χ0n) is 11.8. The van der Waals surface area contributed by atoms with Crippen molar-refractivity contribution in [1.82, 2.24) is 15.5 Å². The largest absolute Gasteiger partial charge is 0.497 e. The van der Waals surface area contributed by atoms with Gasteiger partial charge in [-0.25, -0.2) is 0 Å². The highest BCUT2D eigenvalue weighted by Gasteiger charge is 2.16. The molecule has 112 valence electrons. The number of rotatable bonds is 5. The second-order valence-electron chi connectivity index (χ2n) is 4.41. The Bertz CT molecular complexity index is 751. The van der Waals surface area contributed by atoms with Gasteiger partial charge in [-0.05, 0) is 35.7 Å². The third-order valence-corrected chi connectivity index (χ3v) is 3.85. The van der Waals surface area contributed by atoms with Gasteiger partial charge in [-0.1, -0.05) is 11.2 Å². The molecule has 2 heterocycles. The van der Waals surface area contributed by atoms with Gasteiger partial charge in [-0.15, -0.1) is 11.3 Å². The Morgan fingerprint density at radius 2 is 2.14 bits per heavy atom. The lowest BCUT2D eigenvalue weighted by Crippen LogP contribution is -2.22.